The molecule has 0 bridgehead atoms. The maximum Gasteiger partial charge on any atom is 0.264 e. The van der Waals surface area contributed by atoms with Gasteiger partial charge in [0.25, 0.3) is 10.1 Å². The lowest BCUT2D eigenvalue weighted by Gasteiger charge is -2.05. The highest BCUT2D eigenvalue weighted by Gasteiger charge is 2.02. The molecule has 17 heavy (non-hydrogen) atoms. The van der Waals surface area contributed by atoms with E-state index in [1.165, 1.54) is 0 Å². The highest BCUT2D eigenvalue weighted by atomic mass is 32.2. The van der Waals surface area contributed by atoms with E-state index < -0.39 is 10.1 Å². The van der Waals surface area contributed by atoms with E-state index >= 15 is 0 Å². The van der Waals surface area contributed by atoms with Crippen LogP contribution in [0.4, 0.5) is 0 Å². The fraction of sp³-hybridized carbons (Fsp3) is 1.00. The van der Waals surface area contributed by atoms with Crippen molar-refractivity contribution >= 4 is 22.2 Å². The summed E-state index contributed by atoms with van der Waals surface area (Å²) in [6.45, 7) is 1.84. The minimum Gasteiger partial charge on any atom is -0.304 e. The Morgan fingerprint density at radius 3 is 2.41 bits per heavy atom. The number of nitrogens with one attached hydrogen (secondary N) is 2. The van der Waals surface area contributed by atoms with Crippen LogP contribution in [0.1, 0.15) is 12.8 Å². The van der Waals surface area contributed by atoms with Crippen LogP contribution < -0.4 is 10.6 Å². The van der Waals surface area contributed by atoms with Gasteiger partial charge < -0.3 is 10.6 Å². The van der Waals surface area contributed by atoms with E-state index in [4.69, 9.17) is 9.81 Å². The summed E-state index contributed by atoms with van der Waals surface area (Å²) in [5.74, 6) is 0.450. The normalized spacial score (nSPS) is 11.9. The standard InChI is InChI=1S/C7H18N2O6S2/c10-14-15-16-5-1-3-8-7-9-4-2-6-17(11,12)13/h8-10H,1-7H2,(H,11,12,13). The van der Waals surface area contributed by atoms with Crippen LogP contribution in [-0.2, 0) is 19.5 Å². The smallest absolute Gasteiger partial charge is 0.264 e. The van der Waals surface area contributed by atoms with Crippen molar-refractivity contribution in [2.45, 2.75) is 12.8 Å². The van der Waals surface area contributed by atoms with Gasteiger partial charge in [0.2, 0.25) is 0 Å². The van der Waals surface area contributed by atoms with Crippen LogP contribution in [0.25, 0.3) is 0 Å². The molecule has 0 aromatic heterocycles. The topological polar surface area (TPSA) is 117 Å². The zero-order valence-corrected chi connectivity index (χ0v) is 10.9. The predicted molar refractivity (Wildman–Crippen MR) is 63.8 cm³/mol. The molecule has 0 aliphatic carbocycles. The third-order valence-corrected chi connectivity index (χ3v) is 3.08. The summed E-state index contributed by atoms with van der Waals surface area (Å²) < 4.78 is 33.3. The minimum atomic E-state index is -3.84. The maximum absolute atomic E-state index is 10.4. The Hall–Kier alpha value is 0.0600. The Bertz CT molecular complexity index is 261. The van der Waals surface area contributed by atoms with Crippen LogP contribution in [0.2, 0.25) is 0 Å². The largest absolute Gasteiger partial charge is 0.304 e. The lowest BCUT2D eigenvalue weighted by Crippen LogP contribution is -2.31. The van der Waals surface area contributed by atoms with Crippen LogP contribution in [0.5, 0.6) is 0 Å². The van der Waals surface area contributed by atoms with Crippen molar-refractivity contribution in [1.29, 1.82) is 0 Å². The molecule has 4 N–H and O–H groups in total. The van der Waals surface area contributed by atoms with Gasteiger partial charge in [0.15, 0.2) is 0 Å². The molecule has 0 unspecified atom stereocenters. The van der Waals surface area contributed by atoms with Gasteiger partial charge in [0.05, 0.1) is 5.75 Å². The summed E-state index contributed by atoms with van der Waals surface area (Å²) in [7, 11) is -3.84. The van der Waals surface area contributed by atoms with Crippen molar-refractivity contribution in [3.05, 3.63) is 0 Å². The van der Waals surface area contributed by atoms with Gasteiger partial charge in [0.1, 0.15) is 0 Å². The Morgan fingerprint density at radius 1 is 1.18 bits per heavy atom. The fourth-order valence-corrected chi connectivity index (χ4v) is 1.84. The van der Waals surface area contributed by atoms with Gasteiger partial charge in [-0.15, -0.1) is 4.33 Å². The van der Waals surface area contributed by atoms with Crippen LogP contribution >= 0.6 is 12.0 Å². The first-order valence-electron chi connectivity index (χ1n) is 5.02. The molecule has 0 aromatic rings. The van der Waals surface area contributed by atoms with Crippen molar-refractivity contribution in [2.24, 2.45) is 0 Å². The van der Waals surface area contributed by atoms with Gasteiger partial charge in [0, 0.05) is 24.5 Å². The zero-order valence-electron chi connectivity index (χ0n) is 9.29. The summed E-state index contributed by atoms with van der Waals surface area (Å²) in [6, 6.07) is 0. The van der Waals surface area contributed by atoms with E-state index in [1.807, 2.05) is 0 Å². The lowest BCUT2D eigenvalue weighted by molar-refractivity contribution is -0.432. The Morgan fingerprint density at radius 2 is 1.82 bits per heavy atom. The van der Waals surface area contributed by atoms with Crippen molar-refractivity contribution in [1.82, 2.24) is 10.6 Å². The lowest BCUT2D eigenvalue weighted by atomic mass is 10.5. The van der Waals surface area contributed by atoms with Gasteiger partial charge in [-0.25, -0.2) is 5.26 Å². The zero-order chi connectivity index (χ0) is 13.0. The summed E-state index contributed by atoms with van der Waals surface area (Å²) in [4.78, 5) is 0. The van der Waals surface area contributed by atoms with Crippen LogP contribution in [0, 0.1) is 0 Å². The first-order valence-corrected chi connectivity index (χ1v) is 7.54. The quantitative estimate of drug-likeness (QED) is 0.0972. The van der Waals surface area contributed by atoms with E-state index in [2.05, 4.69) is 20.0 Å². The van der Waals surface area contributed by atoms with Crippen molar-refractivity contribution in [2.75, 3.05) is 31.3 Å². The maximum atomic E-state index is 10.4. The third-order valence-electron chi connectivity index (χ3n) is 1.67. The Labute approximate surface area is 105 Å². The second-order valence-corrected chi connectivity index (χ2v) is 5.49. The van der Waals surface area contributed by atoms with Crippen LogP contribution in [-0.4, -0.2) is 49.5 Å². The minimum absolute atomic E-state index is 0.227. The van der Waals surface area contributed by atoms with Crippen molar-refractivity contribution in [3.63, 3.8) is 0 Å². The first kappa shape index (κ1) is 17.1. The molecule has 0 fully saturated rings. The molecule has 0 saturated carbocycles. The van der Waals surface area contributed by atoms with E-state index in [9.17, 15) is 8.42 Å². The van der Waals surface area contributed by atoms with Gasteiger partial charge in [-0.3, -0.25) is 4.55 Å². The highest BCUT2D eigenvalue weighted by Crippen LogP contribution is 2.02. The molecule has 104 valence electrons. The molecule has 0 aliphatic heterocycles. The first-order chi connectivity index (χ1) is 8.06. The molecule has 10 heteroatoms. The van der Waals surface area contributed by atoms with E-state index in [1.54, 1.807) is 0 Å². The summed E-state index contributed by atoms with van der Waals surface area (Å²) in [5.41, 5.74) is 0. The van der Waals surface area contributed by atoms with Gasteiger partial charge in [-0.2, -0.15) is 8.42 Å². The number of hydrogen-bond acceptors (Lipinski definition) is 8. The molecule has 0 aliphatic rings. The average molecular weight is 290 g/mol. The molecular formula is C7H18N2O6S2. The van der Waals surface area contributed by atoms with E-state index in [0.29, 0.717) is 25.4 Å². The molecular weight excluding hydrogens is 272 g/mol. The second-order valence-electron chi connectivity index (χ2n) is 3.13. The number of hydrogen-bond donors (Lipinski definition) is 4. The van der Waals surface area contributed by atoms with Crippen molar-refractivity contribution in [3.8, 4) is 0 Å². The van der Waals surface area contributed by atoms with E-state index in [0.717, 1.165) is 25.0 Å². The molecule has 0 spiro atoms. The SMILES string of the molecule is O=S(=O)(O)CCCNCNCCCSOOO. The van der Waals surface area contributed by atoms with Crippen molar-refractivity contribution < 1.29 is 27.6 Å². The highest BCUT2D eigenvalue weighted by molar-refractivity contribution is 7.94. The Kier molecular flexibility index (Phi) is 11.2. The van der Waals surface area contributed by atoms with Gasteiger partial charge in [-0.1, -0.05) is 5.04 Å². The number of rotatable bonds is 12. The van der Waals surface area contributed by atoms with E-state index in [-0.39, 0.29) is 5.75 Å². The monoisotopic (exact) mass is 290 g/mol. The fourth-order valence-electron chi connectivity index (χ4n) is 0.956. The third kappa shape index (κ3) is 16.1. The average Bonchev–Trinajstić information content (AvgIpc) is 2.24. The second kappa shape index (κ2) is 11.2. The molecule has 0 aromatic carbocycles. The van der Waals surface area contributed by atoms with Gasteiger partial charge in [-0.05, 0) is 25.9 Å². The molecule has 0 heterocycles. The molecule has 0 saturated heterocycles. The molecule has 0 amide bonds. The summed E-state index contributed by atoms with van der Waals surface area (Å²) >= 11 is 1.00. The van der Waals surface area contributed by atoms with Crippen LogP contribution in [0.15, 0.2) is 0 Å². The molecule has 0 rings (SSSR count). The summed E-state index contributed by atoms with van der Waals surface area (Å²) in [5, 5.41) is 17.3. The summed E-state index contributed by atoms with van der Waals surface area (Å²) in [6.07, 6.45) is 1.21. The van der Waals surface area contributed by atoms with Crippen LogP contribution in [0.3, 0.4) is 0 Å². The molecule has 0 radical (unpaired) electrons. The Balaban J connectivity index is 3.04. The predicted octanol–water partition coefficient (Wildman–Crippen LogP) is -0.139. The molecule has 0 atom stereocenters. The molecule has 8 nitrogen and oxygen atoms in total. The van der Waals surface area contributed by atoms with Gasteiger partial charge >= 0.3 is 0 Å².